The Morgan fingerprint density at radius 3 is 2.77 bits per heavy atom. The minimum absolute atomic E-state index is 0.0910. The number of rotatable bonds is 7. The molecule has 1 heterocycles. The lowest BCUT2D eigenvalue weighted by Crippen LogP contribution is -2.52. The van der Waals surface area contributed by atoms with Crippen LogP contribution in [0.4, 0.5) is 10.5 Å². The molecule has 4 N–H and O–H groups in total. The number of ether oxygens (including phenoxy) is 2. The number of carbonyl (C=O) groups excluding carboxylic acids is 2. The van der Waals surface area contributed by atoms with Gasteiger partial charge >= 0.3 is 6.03 Å². The van der Waals surface area contributed by atoms with E-state index in [1.165, 1.54) is 7.11 Å². The second-order valence-electron chi connectivity index (χ2n) is 6.68. The lowest BCUT2D eigenvalue weighted by atomic mass is 9.88. The van der Waals surface area contributed by atoms with Crippen molar-refractivity contribution in [1.29, 1.82) is 0 Å². The summed E-state index contributed by atoms with van der Waals surface area (Å²) >= 11 is 9.49. The van der Waals surface area contributed by atoms with Gasteiger partial charge in [-0.05, 0) is 35.9 Å². The fourth-order valence-corrected chi connectivity index (χ4v) is 4.01. The summed E-state index contributed by atoms with van der Waals surface area (Å²) in [4.78, 5) is 25.3. The average Bonchev–Trinajstić information content (AvgIpc) is 2.71. The first-order chi connectivity index (χ1) is 14.8. The zero-order valence-corrected chi connectivity index (χ0v) is 18.9. The minimum Gasteiger partial charge on any atom is -0.493 e. The van der Waals surface area contributed by atoms with E-state index in [2.05, 4.69) is 38.5 Å². The fraction of sp³-hybridized carbons (Fsp3) is 0.238. The van der Waals surface area contributed by atoms with Crippen LogP contribution in [-0.4, -0.2) is 37.4 Å². The predicted octanol–water partition coefficient (Wildman–Crippen LogP) is 3.60. The van der Waals surface area contributed by atoms with E-state index in [1.807, 2.05) is 0 Å². The van der Waals surface area contributed by atoms with E-state index < -0.39 is 18.0 Å². The molecule has 1 saturated heterocycles. The van der Waals surface area contributed by atoms with Crippen LogP contribution < -0.4 is 25.4 Å². The van der Waals surface area contributed by atoms with Gasteiger partial charge in [0.25, 0.3) is 0 Å². The summed E-state index contributed by atoms with van der Waals surface area (Å²) in [6.45, 7) is 3.81. The zero-order valence-electron chi connectivity index (χ0n) is 16.6. The lowest BCUT2D eigenvalue weighted by molar-refractivity contribution is -0.119. The van der Waals surface area contributed by atoms with E-state index in [0.29, 0.717) is 32.2 Å². The molecule has 0 spiro atoms. The van der Waals surface area contributed by atoms with Gasteiger partial charge in [0, 0.05) is 20.9 Å². The van der Waals surface area contributed by atoms with Crippen molar-refractivity contribution in [2.24, 2.45) is 5.92 Å². The van der Waals surface area contributed by atoms with Crippen LogP contribution in [0, 0.1) is 5.92 Å². The van der Waals surface area contributed by atoms with Gasteiger partial charge in [-0.3, -0.25) is 4.79 Å². The molecule has 0 saturated carbocycles. The summed E-state index contributed by atoms with van der Waals surface area (Å²) < 4.78 is 11.5. The normalized spacial score (nSPS) is 18.1. The van der Waals surface area contributed by atoms with Crippen LogP contribution in [0.3, 0.4) is 0 Å². The van der Waals surface area contributed by atoms with Crippen LogP contribution in [0.1, 0.15) is 11.6 Å². The molecule has 0 aromatic heterocycles. The summed E-state index contributed by atoms with van der Waals surface area (Å²) in [5.74, 6) is -0.414. The van der Waals surface area contributed by atoms with Gasteiger partial charge in [-0.15, -0.1) is 0 Å². The Labute approximate surface area is 192 Å². The van der Waals surface area contributed by atoms with Crippen molar-refractivity contribution < 1.29 is 24.2 Å². The molecule has 164 valence electrons. The summed E-state index contributed by atoms with van der Waals surface area (Å²) in [5.41, 5.74) is 1.36. The van der Waals surface area contributed by atoms with Crippen molar-refractivity contribution in [1.82, 2.24) is 10.6 Å². The minimum atomic E-state index is -0.832. The van der Waals surface area contributed by atoms with Crippen molar-refractivity contribution in [3.8, 4) is 11.5 Å². The SMILES string of the molecule is C=C1NC(=O)N[C@@H](c2cc(OC)c(OCCO)cc2Br)[C@H]1C(=O)Nc1cccc(Cl)c1. The second-order valence-corrected chi connectivity index (χ2v) is 7.97. The molecule has 2 aromatic rings. The largest absolute Gasteiger partial charge is 0.493 e. The topological polar surface area (TPSA) is 109 Å². The Morgan fingerprint density at radius 2 is 2.10 bits per heavy atom. The van der Waals surface area contributed by atoms with E-state index in [4.69, 9.17) is 26.2 Å². The Kier molecular flexibility index (Phi) is 7.42. The van der Waals surface area contributed by atoms with Crippen LogP contribution in [0.25, 0.3) is 0 Å². The second kappa shape index (κ2) is 10.0. The number of halogens is 2. The molecule has 0 radical (unpaired) electrons. The number of benzene rings is 2. The first kappa shape index (κ1) is 22.9. The molecule has 10 heteroatoms. The molecule has 0 bridgehead atoms. The Balaban J connectivity index is 1.97. The van der Waals surface area contributed by atoms with Gasteiger partial charge in [0.05, 0.1) is 19.8 Å². The highest BCUT2D eigenvalue weighted by Gasteiger charge is 2.39. The van der Waals surface area contributed by atoms with Crippen molar-refractivity contribution in [3.05, 3.63) is 63.7 Å². The summed E-state index contributed by atoms with van der Waals surface area (Å²) in [6.07, 6.45) is 0. The number of nitrogens with one attached hydrogen (secondary N) is 3. The van der Waals surface area contributed by atoms with Crippen LogP contribution in [0.5, 0.6) is 11.5 Å². The number of urea groups is 1. The quantitative estimate of drug-likeness (QED) is 0.455. The zero-order chi connectivity index (χ0) is 22.5. The first-order valence-corrected chi connectivity index (χ1v) is 10.4. The van der Waals surface area contributed by atoms with E-state index in [-0.39, 0.29) is 24.8 Å². The molecule has 1 aliphatic rings. The molecule has 8 nitrogen and oxygen atoms in total. The maximum absolute atomic E-state index is 13.1. The van der Waals surface area contributed by atoms with Gasteiger partial charge in [-0.25, -0.2) is 4.79 Å². The smallest absolute Gasteiger partial charge is 0.319 e. The molecule has 31 heavy (non-hydrogen) atoms. The number of aliphatic hydroxyl groups excluding tert-OH is 1. The monoisotopic (exact) mass is 509 g/mol. The molecule has 1 fully saturated rings. The molecule has 1 aliphatic heterocycles. The van der Waals surface area contributed by atoms with Crippen LogP contribution >= 0.6 is 27.5 Å². The van der Waals surface area contributed by atoms with Gasteiger partial charge in [0.15, 0.2) is 11.5 Å². The van der Waals surface area contributed by atoms with Crippen LogP contribution in [0.2, 0.25) is 5.02 Å². The highest BCUT2D eigenvalue weighted by Crippen LogP contribution is 2.40. The van der Waals surface area contributed by atoms with Gasteiger partial charge in [0.2, 0.25) is 5.91 Å². The van der Waals surface area contributed by atoms with Crippen molar-refractivity contribution in [3.63, 3.8) is 0 Å². The van der Waals surface area contributed by atoms with Crippen molar-refractivity contribution in [2.75, 3.05) is 25.6 Å². The Bertz CT molecular complexity index is 1020. The standard InChI is InChI=1S/C21H21BrClN3O5/c1-11-18(20(28)25-13-5-3-4-12(23)8-13)19(26-21(29)24-11)14-9-16(30-2)17(10-15(14)22)31-7-6-27/h3-5,8-10,18-19,27H,1,6-7H2,2H3,(H,25,28)(H2,24,26,29)/t18-,19-/m0/s1. The maximum atomic E-state index is 13.1. The number of carbonyl (C=O) groups is 2. The number of aliphatic hydroxyl groups is 1. The predicted molar refractivity (Wildman–Crippen MR) is 120 cm³/mol. The number of anilines is 1. The molecular formula is C21H21BrClN3O5. The van der Waals surface area contributed by atoms with Crippen LogP contribution in [0.15, 0.2) is 53.1 Å². The highest BCUT2D eigenvalue weighted by atomic mass is 79.9. The fourth-order valence-electron chi connectivity index (χ4n) is 3.26. The van der Waals surface area contributed by atoms with Crippen molar-refractivity contribution >= 4 is 45.2 Å². The number of hydrogen-bond donors (Lipinski definition) is 4. The van der Waals surface area contributed by atoms with Crippen LogP contribution in [-0.2, 0) is 4.79 Å². The molecule has 3 rings (SSSR count). The number of hydrogen-bond acceptors (Lipinski definition) is 5. The third-order valence-corrected chi connectivity index (χ3v) is 5.53. The van der Waals surface area contributed by atoms with Gasteiger partial charge in [-0.2, -0.15) is 0 Å². The lowest BCUT2D eigenvalue weighted by Gasteiger charge is -2.34. The summed E-state index contributed by atoms with van der Waals surface area (Å²) in [6, 6.07) is 8.86. The van der Waals surface area contributed by atoms with Gasteiger partial charge in [-0.1, -0.05) is 40.2 Å². The molecule has 2 aromatic carbocycles. The number of methoxy groups -OCH3 is 1. The molecule has 0 unspecified atom stereocenters. The third kappa shape index (κ3) is 5.30. The Morgan fingerprint density at radius 1 is 1.32 bits per heavy atom. The van der Waals surface area contributed by atoms with E-state index >= 15 is 0 Å². The molecule has 0 aliphatic carbocycles. The summed E-state index contributed by atoms with van der Waals surface area (Å²) in [5, 5.41) is 17.7. The highest BCUT2D eigenvalue weighted by molar-refractivity contribution is 9.10. The van der Waals surface area contributed by atoms with E-state index in [9.17, 15) is 9.59 Å². The summed E-state index contributed by atoms with van der Waals surface area (Å²) in [7, 11) is 1.47. The van der Waals surface area contributed by atoms with Crippen molar-refractivity contribution in [2.45, 2.75) is 6.04 Å². The third-order valence-electron chi connectivity index (χ3n) is 4.61. The first-order valence-electron chi connectivity index (χ1n) is 9.28. The van der Waals surface area contributed by atoms with E-state index in [0.717, 1.165) is 0 Å². The van der Waals surface area contributed by atoms with E-state index in [1.54, 1.807) is 36.4 Å². The maximum Gasteiger partial charge on any atom is 0.319 e. The molecule has 3 amide bonds. The number of amides is 3. The van der Waals surface area contributed by atoms with Gasteiger partial charge < -0.3 is 30.5 Å². The van der Waals surface area contributed by atoms with Gasteiger partial charge in [0.1, 0.15) is 12.5 Å². The Hall–Kier alpha value is -2.75. The molecular weight excluding hydrogens is 490 g/mol. The average molecular weight is 511 g/mol. The molecule has 2 atom stereocenters.